The van der Waals surface area contributed by atoms with Crippen LogP contribution in [0.2, 0.25) is 0 Å². The summed E-state index contributed by atoms with van der Waals surface area (Å²) in [4.78, 5) is 49.6. The largest absolute Gasteiger partial charge is 0.425 e. The van der Waals surface area contributed by atoms with Gasteiger partial charge in [0.25, 0.3) is 0 Å². The van der Waals surface area contributed by atoms with Crippen LogP contribution in [0, 0.1) is 0 Å². The third-order valence-corrected chi connectivity index (χ3v) is 4.48. The first-order valence-corrected chi connectivity index (χ1v) is 8.54. The molecule has 0 heterocycles. The van der Waals surface area contributed by atoms with Crippen molar-refractivity contribution in [2.75, 3.05) is 0 Å². The van der Waals surface area contributed by atoms with Gasteiger partial charge >= 0.3 is 11.9 Å². The Morgan fingerprint density at radius 1 is 0.607 bits per heavy atom. The summed E-state index contributed by atoms with van der Waals surface area (Å²) in [7, 11) is 0. The standard InChI is InChI=1S/C22H14O6/c1-11(23)27-21-15-9-5-3-7-13(15)19(25)17(21)18-20(26)14-8-4-6-10-16(14)22(18)28-12(2)24/h3-10H,1-2H3. The zero-order chi connectivity index (χ0) is 20.0. The lowest BCUT2D eigenvalue weighted by Gasteiger charge is -2.10. The Hall–Kier alpha value is -3.80. The van der Waals surface area contributed by atoms with Gasteiger partial charge < -0.3 is 9.47 Å². The lowest BCUT2D eigenvalue weighted by atomic mass is 9.99. The van der Waals surface area contributed by atoms with Crippen molar-refractivity contribution in [2.45, 2.75) is 13.8 Å². The third kappa shape index (κ3) is 2.58. The van der Waals surface area contributed by atoms with Crippen molar-refractivity contribution in [3.05, 3.63) is 81.9 Å². The van der Waals surface area contributed by atoms with Gasteiger partial charge in [-0.2, -0.15) is 0 Å². The molecule has 4 rings (SSSR count). The summed E-state index contributed by atoms with van der Waals surface area (Å²) >= 11 is 0. The number of carbonyl (C=O) groups is 4. The maximum Gasteiger partial charge on any atom is 0.308 e. The van der Waals surface area contributed by atoms with Crippen LogP contribution in [0.4, 0.5) is 0 Å². The molecule has 0 atom stereocenters. The van der Waals surface area contributed by atoms with Gasteiger partial charge in [-0.15, -0.1) is 0 Å². The van der Waals surface area contributed by atoms with Crippen LogP contribution in [0.1, 0.15) is 45.7 Å². The van der Waals surface area contributed by atoms with Crippen molar-refractivity contribution in [3.8, 4) is 0 Å². The molecule has 6 nitrogen and oxygen atoms in total. The van der Waals surface area contributed by atoms with Gasteiger partial charge in [-0.3, -0.25) is 19.2 Å². The fraction of sp³-hybridized carbons (Fsp3) is 0.0909. The summed E-state index contributed by atoms with van der Waals surface area (Å²) in [6, 6.07) is 13.2. The zero-order valence-electron chi connectivity index (χ0n) is 15.1. The monoisotopic (exact) mass is 374 g/mol. The SMILES string of the molecule is CC(=O)OC1=C(C2=C(OC(C)=O)c3ccccc3C2=O)C(=O)c2ccccc21. The molecule has 138 valence electrons. The molecule has 6 heteroatoms. The molecule has 2 aliphatic rings. The van der Waals surface area contributed by atoms with E-state index < -0.39 is 23.5 Å². The van der Waals surface area contributed by atoms with Gasteiger partial charge in [-0.25, -0.2) is 0 Å². The maximum atomic E-state index is 13.1. The Kier molecular flexibility index (Phi) is 4.04. The molecule has 0 aliphatic heterocycles. The summed E-state index contributed by atoms with van der Waals surface area (Å²) in [6.45, 7) is 2.42. The van der Waals surface area contributed by atoms with E-state index in [2.05, 4.69) is 0 Å². The van der Waals surface area contributed by atoms with Gasteiger partial charge in [-0.1, -0.05) is 48.5 Å². The van der Waals surface area contributed by atoms with E-state index in [4.69, 9.17) is 9.47 Å². The number of ketones is 2. The summed E-state index contributed by atoms with van der Waals surface area (Å²) in [6.07, 6.45) is 0. The predicted octanol–water partition coefficient (Wildman–Crippen LogP) is 3.33. The number of ether oxygens (including phenoxy) is 2. The minimum atomic E-state index is -0.630. The van der Waals surface area contributed by atoms with Crippen molar-refractivity contribution in [1.82, 2.24) is 0 Å². The number of allylic oxidation sites excluding steroid dienone is 2. The van der Waals surface area contributed by atoms with E-state index in [1.54, 1.807) is 48.5 Å². The highest BCUT2D eigenvalue weighted by Crippen LogP contribution is 2.44. The first-order chi connectivity index (χ1) is 13.4. The number of hydrogen-bond donors (Lipinski definition) is 0. The van der Waals surface area contributed by atoms with Crippen LogP contribution in [0.3, 0.4) is 0 Å². The predicted molar refractivity (Wildman–Crippen MR) is 98.9 cm³/mol. The molecule has 2 aromatic carbocycles. The highest BCUT2D eigenvalue weighted by molar-refractivity contribution is 6.34. The highest BCUT2D eigenvalue weighted by Gasteiger charge is 2.42. The normalized spacial score (nSPS) is 14.9. The fourth-order valence-corrected chi connectivity index (χ4v) is 3.46. The van der Waals surface area contributed by atoms with E-state index >= 15 is 0 Å². The third-order valence-electron chi connectivity index (χ3n) is 4.48. The maximum absolute atomic E-state index is 13.1. The van der Waals surface area contributed by atoms with E-state index in [9.17, 15) is 19.2 Å². The average molecular weight is 374 g/mol. The highest BCUT2D eigenvalue weighted by atomic mass is 16.5. The molecule has 0 aromatic heterocycles. The molecule has 28 heavy (non-hydrogen) atoms. The number of esters is 2. The summed E-state index contributed by atoms with van der Waals surface area (Å²) in [5.74, 6) is -2.20. The Balaban J connectivity index is 2.02. The molecule has 0 bridgehead atoms. The van der Waals surface area contributed by atoms with Crippen LogP contribution in [-0.4, -0.2) is 23.5 Å². The Morgan fingerprint density at radius 2 is 0.929 bits per heavy atom. The van der Waals surface area contributed by atoms with Gasteiger partial charge in [0, 0.05) is 36.1 Å². The molecule has 0 saturated carbocycles. The van der Waals surface area contributed by atoms with E-state index in [0.717, 1.165) is 0 Å². The first-order valence-electron chi connectivity index (χ1n) is 8.54. The second-order valence-corrected chi connectivity index (χ2v) is 6.34. The van der Waals surface area contributed by atoms with E-state index in [-0.39, 0.29) is 22.7 Å². The molecule has 0 saturated heterocycles. The number of benzene rings is 2. The Morgan fingerprint density at radius 3 is 1.25 bits per heavy atom. The Bertz CT molecular complexity index is 1060. The Labute approximate surface area is 160 Å². The topological polar surface area (TPSA) is 86.7 Å². The van der Waals surface area contributed by atoms with Crippen LogP contribution in [-0.2, 0) is 19.1 Å². The lowest BCUT2D eigenvalue weighted by Crippen LogP contribution is -2.11. The molecular weight excluding hydrogens is 360 g/mol. The van der Waals surface area contributed by atoms with Gasteiger partial charge in [-0.05, 0) is 0 Å². The minimum absolute atomic E-state index is 0.00564. The smallest absolute Gasteiger partial charge is 0.308 e. The van der Waals surface area contributed by atoms with Crippen LogP contribution in [0.5, 0.6) is 0 Å². The zero-order valence-corrected chi connectivity index (χ0v) is 15.1. The van der Waals surface area contributed by atoms with Crippen molar-refractivity contribution in [2.24, 2.45) is 0 Å². The lowest BCUT2D eigenvalue weighted by molar-refractivity contribution is -0.135. The molecule has 2 aromatic rings. The second kappa shape index (κ2) is 6.42. The molecule has 0 N–H and O–H groups in total. The van der Waals surface area contributed by atoms with Gasteiger partial charge in [0.2, 0.25) is 0 Å². The number of rotatable bonds is 3. The molecule has 0 amide bonds. The van der Waals surface area contributed by atoms with Crippen LogP contribution in [0.25, 0.3) is 11.5 Å². The minimum Gasteiger partial charge on any atom is -0.425 e. The van der Waals surface area contributed by atoms with Crippen molar-refractivity contribution in [1.29, 1.82) is 0 Å². The van der Waals surface area contributed by atoms with E-state index in [1.807, 2.05) is 0 Å². The van der Waals surface area contributed by atoms with Gasteiger partial charge in [0.05, 0.1) is 11.1 Å². The second-order valence-electron chi connectivity index (χ2n) is 6.34. The van der Waals surface area contributed by atoms with Crippen molar-refractivity contribution < 1.29 is 28.7 Å². The van der Waals surface area contributed by atoms with Gasteiger partial charge in [0.1, 0.15) is 0 Å². The number of carbonyl (C=O) groups excluding carboxylic acids is 4. The van der Waals surface area contributed by atoms with E-state index in [0.29, 0.717) is 22.3 Å². The molecule has 0 spiro atoms. The van der Waals surface area contributed by atoms with Crippen molar-refractivity contribution in [3.63, 3.8) is 0 Å². The number of hydrogen-bond acceptors (Lipinski definition) is 6. The van der Waals surface area contributed by atoms with Crippen molar-refractivity contribution >= 4 is 35.0 Å². The summed E-state index contributed by atoms with van der Waals surface area (Å²) in [5, 5.41) is 0. The van der Waals surface area contributed by atoms with E-state index in [1.165, 1.54) is 13.8 Å². The van der Waals surface area contributed by atoms with Crippen LogP contribution < -0.4 is 0 Å². The molecule has 0 unspecified atom stereocenters. The fourth-order valence-electron chi connectivity index (χ4n) is 3.46. The molecule has 0 fully saturated rings. The first kappa shape index (κ1) is 17.6. The number of Topliss-reactive ketones (excluding diaryl/α,β-unsaturated/α-hetero) is 2. The van der Waals surface area contributed by atoms with Gasteiger partial charge in [0.15, 0.2) is 23.1 Å². The molecule has 2 aliphatic carbocycles. The van der Waals surface area contributed by atoms with Crippen LogP contribution >= 0.6 is 0 Å². The molecule has 0 radical (unpaired) electrons. The number of fused-ring (bicyclic) bond motifs is 2. The summed E-state index contributed by atoms with van der Waals surface area (Å²) in [5.41, 5.74) is 1.30. The molecular formula is C22H14O6. The average Bonchev–Trinajstić information content (AvgIpc) is 3.07. The van der Waals surface area contributed by atoms with Crippen LogP contribution in [0.15, 0.2) is 59.7 Å². The quantitative estimate of drug-likeness (QED) is 0.766. The summed E-state index contributed by atoms with van der Waals surface area (Å²) < 4.78 is 10.7.